The first-order valence-corrected chi connectivity index (χ1v) is 6.60. The molecule has 0 rings (SSSR count). The molecular weight excluding hydrogens is 186 g/mol. The van der Waals surface area contributed by atoms with Gasteiger partial charge in [0.2, 0.25) is 10.0 Å². The van der Waals surface area contributed by atoms with E-state index in [1.807, 2.05) is 13.8 Å². The maximum absolute atomic E-state index is 11.3. The standard InChI is InChI=1S/C9H21NO2S/c1-4-5-6-7-10-13(11,12)8-9(2)3/h9-10H,4-8H2,1-3H3. The summed E-state index contributed by atoms with van der Waals surface area (Å²) in [6.45, 7) is 6.50. The molecule has 0 saturated carbocycles. The average Bonchev–Trinajstić information content (AvgIpc) is 1.95. The summed E-state index contributed by atoms with van der Waals surface area (Å²) >= 11 is 0. The Kier molecular flexibility index (Phi) is 6.33. The van der Waals surface area contributed by atoms with E-state index in [9.17, 15) is 8.42 Å². The fourth-order valence-corrected chi connectivity index (χ4v) is 2.55. The molecule has 0 radical (unpaired) electrons. The molecular formula is C9H21NO2S. The molecule has 80 valence electrons. The van der Waals surface area contributed by atoms with Crippen LogP contribution in [0.25, 0.3) is 0 Å². The Balaban J connectivity index is 3.64. The topological polar surface area (TPSA) is 46.2 Å². The van der Waals surface area contributed by atoms with E-state index in [4.69, 9.17) is 0 Å². The molecule has 3 nitrogen and oxygen atoms in total. The van der Waals surface area contributed by atoms with Crippen LogP contribution >= 0.6 is 0 Å². The molecule has 0 aromatic rings. The molecule has 0 aliphatic carbocycles. The van der Waals surface area contributed by atoms with Crippen LogP contribution in [0.3, 0.4) is 0 Å². The zero-order chi connectivity index (χ0) is 10.3. The van der Waals surface area contributed by atoms with Crippen LogP contribution in [0.5, 0.6) is 0 Å². The van der Waals surface area contributed by atoms with Crippen molar-refractivity contribution in [3.8, 4) is 0 Å². The molecule has 0 amide bonds. The Morgan fingerprint density at radius 3 is 2.31 bits per heavy atom. The van der Waals surface area contributed by atoms with Crippen LogP contribution in [-0.4, -0.2) is 20.7 Å². The minimum Gasteiger partial charge on any atom is -0.215 e. The van der Waals surface area contributed by atoms with E-state index in [2.05, 4.69) is 11.6 Å². The minimum atomic E-state index is -3.01. The molecule has 0 fully saturated rings. The molecule has 0 unspecified atom stereocenters. The van der Waals surface area contributed by atoms with E-state index >= 15 is 0 Å². The fourth-order valence-electron chi connectivity index (χ4n) is 1.10. The Bertz CT molecular complexity index is 210. The number of unbranched alkanes of at least 4 members (excludes halogenated alkanes) is 2. The average molecular weight is 207 g/mol. The molecule has 0 aliphatic heterocycles. The number of rotatable bonds is 7. The first-order valence-electron chi connectivity index (χ1n) is 4.95. The summed E-state index contributed by atoms with van der Waals surface area (Å²) in [7, 11) is -3.01. The van der Waals surface area contributed by atoms with Crippen LogP contribution in [0.1, 0.15) is 40.0 Å². The molecule has 0 aromatic heterocycles. The zero-order valence-corrected chi connectivity index (χ0v) is 9.65. The predicted octanol–water partition coefficient (Wildman–Crippen LogP) is 1.75. The van der Waals surface area contributed by atoms with Crippen molar-refractivity contribution in [2.45, 2.75) is 40.0 Å². The lowest BCUT2D eigenvalue weighted by atomic mass is 10.3. The zero-order valence-electron chi connectivity index (χ0n) is 8.84. The van der Waals surface area contributed by atoms with E-state index in [0.29, 0.717) is 6.54 Å². The van der Waals surface area contributed by atoms with Crippen molar-refractivity contribution in [3.05, 3.63) is 0 Å². The van der Waals surface area contributed by atoms with Gasteiger partial charge in [0.15, 0.2) is 0 Å². The third-order valence-corrected chi connectivity index (χ3v) is 3.40. The summed E-state index contributed by atoms with van der Waals surface area (Å²) < 4.78 is 25.2. The molecule has 0 heterocycles. The van der Waals surface area contributed by atoms with Crippen LogP contribution in [0.15, 0.2) is 0 Å². The van der Waals surface area contributed by atoms with E-state index < -0.39 is 10.0 Å². The first-order chi connectivity index (χ1) is 5.98. The van der Waals surface area contributed by atoms with Gasteiger partial charge in [-0.3, -0.25) is 0 Å². The molecule has 0 atom stereocenters. The molecule has 0 bridgehead atoms. The highest BCUT2D eigenvalue weighted by atomic mass is 32.2. The molecule has 0 aliphatic rings. The summed E-state index contributed by atoms with van der Waals surface area (Å²) in [6, 6.07) is 0. The lowest BCUT2D eigenvalue weighted by Gasteiger charge is -2.07. The highest BCUT2D eigenvalue weighted by Crippen LogP contribution is 1.98. The summed E-state index contributed by atoms with van der Waals surface area (Å²) in [5.41, 5.74) is 0. The Labute approximate surface area is 82.0 Å². The summed E-state index contributed by atoms with van der Waals surface area (Å²) in [4.78, 5) is 0. The summed E-state index contributed by atoms with van der Waals surface area (Å²) in [5.74, 6) is 0.433. The summed E-state index contributed by atoms with van der Waals surface area (Å²) in [6.07, 6.45) is 3.14. The number of hydrogen-bond donors (Lipinski definition) is 1. The van der Waals surface area contributed by atoms with Gasteiger partial charge in [-0.1, -0.05) is 33.6 Å². The van der Waals surface area contributed by atoms with E-state index in [-0.39, 0.29) is 11.7 Å². The third-order valence-electron chi connectivity index (χ3n) is 1.66. The lowest BCUT2D eigenvalue weighted by Crippen LogP contribution is -2.29. The quantitative estimate of drug-likeness (QED) is 0.646. The highest BCUT2D eigenvalue weighted by Gasteiger charge is 2.10. The van der Waals surface area contributed by atoms with Crippen LogP contribution in [-0.2, 0) is 10.0 Å². The number of sulfonamides is 1. The van der Waals surface area contributed by atoms with Crippen molar-refractivity contribution in [1.82, 2.24) is 4.72 Å². The Morgan fingerprint density at radius 1 is 1.23 bits per heavy atom. The van der Waals surface area contributed by atoms with Gasteiger partial charge in [-0.15, -0.1) is 0 Å². The molecule has 13 heavy (non-hydrogen) atoms. The molecule has 1 N–H and O–H groups in total. The van der Waals surface area contributed by atoms with Crippen molar-refractivity contribution >= 4 is 10.0 Å². The van der Waals surface area contributed by atoms with Gasteiger partial charge >= 0.3 is 0 Å². The van der Waals surface area contributed by atoms with Gasteiger partial charge < -0.3 is 0 Å². The second-order valence-corrected chi connectivity index (χ2v) is 5.63. The number of hydrogen-bond acceptors (Lipinski definition) is 2. The second-order valence-electron chi connectivity index (χ2n) is 3.78. The lowest BCUT2D eigenvalue weighted by molar-refractivity contribution is 0.563. The van der Waals surface area contributed by atoms with Gasteiger partial charge in [0, 0.05) is 6.54 Å². The van der Waals surface area contributed by atoms with Gasteiger partial charge in [-0.25, -0.2) is 13.1 Å². The van der Waals surface area contributed by atoms with Gasteiger partial charge in [-0.2, -0.15) is 0 Å². The third kappa shape index (κ3) is 8.25. The summed E-state index contributed by atoms with van der Waals surface area (Å²) in [5, 5.41) is 0. The van der Waals surface area contributed by atoms with Gasteiger partial charge in [0.25, 0.3) is 0 Å². The normalized spacial score (nSPS) is 12.3. The van der Waals surface area contributed by atoms with Crippen molar-refractivity contribution in [2.24, 2.45) is 5.92 Å². The first kappa shape index (κ1) is 12.9. The van der Waals surface area contributed by atoms with E-state index in [0.717, 1.165) is 19.3 Å². The molecule has 0 saturated heterocycles. The van der Waals surface area contributed by atoms with Crippen LogP contribution in [0.4, 0.5) is 0 Å². The van der Waals surface area contributed by atoms with Crippen molar-refractivity contribution < 1.29 is 8.42 Å². The molecule has 0 aromatic carbocycles. The van der Waals surface area contributed by atoms with Crippen molar-refractivity contribution in [2.75, 3.05) is 12.3 Å². The van der Waals surface area contributed by atoms with Gasteiger partial charge in [0.1, 0.15) is 0 Å². The number of nitrogens with one attached hydrogen (secondary N) is 1. The largest absolute Gasteiger partial charge is 0.215 e. The maximum atomic E-state index is 11.3. The smallest absolute Gasteiger partial charge is 0.211 e. The second kappa shape index (κ2) is 6.38. The Hall–Kier alpha value is -0.0900. The van der Waals surface area contributed by atoms with Crippen molar-refractivity contribution in [3.63, 3.8) is 0 Å². The van der Waals surface area contributed by atoms with E-state index in [1.54, 1.807) is 0 Å². The molecule has 0 spiro atoms. The highest BCUT2D eigenvalue weighted by molar-refractivity contribution is 7.89. The predicted molar refractivity (Wildman–Crippen MR) is 56.2 cm³/mol. The minimum absolute atomic E-state index is 0.198. The van der Waals surface area contributed by atoms with Crippen molar-refractivity contribution in [1.29, 1.82) is 0 Å². The van der Waals surface area contributed by atoms with Crippen LogP contribution in [0.2, 0.25) is 0 Å². The fraction of sp³-hybridized carbons (Fsp3) is 1.00. The SMILES string of the molecule is CCCCCNS(=O)(=O)CC(C)C. The van der Waals surface area contributed by atoms with Crippen LogP contribution in [0, 0.1) is 5.92 Å². The van der Waals surface area contributed by atoms with E-state index in [1.165, 1.54) is 0 Å². The van der Waals surface area contributed by atoms with Crippen LogP contribution < -0.4 is 4.72 Å². The van der Waals surface area contributed by atoms with Gasteiger partial charge in [0.05, 0.1) is 5.75 Å². The van der Waals surface area contributed by atoms with Gasteiger partial charge in [-0.05, 0) is 12.3 Å². The Morgan fingerprint density at radius 2 is 1.85 bits per heavy atom. The molecule has 4 heteroatoms. The maximum Gasteiger partial charge on any atom is 0.211 e. The monoisotopic (exact) mass is 207 g/mol.